The Bertz CT molecular complexity index is 1110. The van der Waals surface area contributed by atoms with Crippen molar-refractivity contribution in [3.63, 3.8) is 0 Å². The van der Waals surface area contributed by atoms with Gasteiger partial charge in [-0.15, -0.1) is 0 Å². The molecule has 0 atom stereocenters. The largest absolute Gasteiger partial charge is 0.493 e. The van der Waals surface area contributed by atoms with Crippen molar-refractivity contribution in [3.8, 4) is 11.5 Å². The topological polar surface area (TPSA) is 113 Å². The zero-order valence-electron chi connectivity index (χ0n) is 21.9. The minimum Gasteiger partial charge on any atom is -0.493 e. The van der Waals surface area contributed by atoms with Crippen LogP contribution in [0.4, 0.5) is 17.8 Å². The molecule has 198 valence electrons. The number of anilines is 3. The summed E-state index contributed by atoms with van der Waals surface area (Å²) in [6, 6.07) is 9.86. The highest BCUT2D eigenvalue weighted by atomic mass is 16.5. The van der Waals surface area contributed by atoms with Crippen LogP contribution in [0.3, 0.4) is 0 Å². The Kier molecular flexibility index (Phi) is 9.67. The van der Waals surface area contributed by atoms with Gasteiger partial charge in [-0.05, 0) is 42.8 Å². The SMILES string of the molecule is COc1ccc(CCNc2nc(NCCN3CCN(C)CC3)nc(NCc3cccnc3)n2)cc1OC. The summed E-state index contributed by atoms with van der Waals surface area (Å²) in [4.78, 5) is 22.8. The van der Waals surface area contributed by atoms with Crippen molar-refractivity contribution in [2.75, 3.05) is 83.0 Å². The minimum atomic E-state index is 0.509. The van der Waals surface area contributed by atoms with Gasteiger partial charge in [0.2, 0.25) is 17.8 Å². The van der Waals surface area contributed by atoms with Crippen LogP contribution in [0.1, 0.15) is 11.1 Å². The molecule has 1 aromatic carbocycles. The fourth-order valence-corrected chi connectivity index (χ4v) is 4.05. The standard InChI is InChI=1S/C26H37N9O2/c1-34-13-15-35(16-14-34)12-11-29-25-31-24(32-26(33-25)30-19-21-5-4-9-27-18-21)28-10-8-20-6-7-22(36-2)23(17-20)37-3/h4-7,9,17-18H,8,10-16,19H2,1-3H3,(H3,28,29,30,31,32,33). The van der Waals surface area contributed by atoms with Crippen molar-refractivity contribution in [2.24, 2.45) is 0 Å². The molecule has 11 heteroatoms. The van der Waals surface area contributed by atoms with Crippen molar-refractivity contribution < 1.29 is 9.47 Å². The molecule has 3 heterocycles. The van der Waals surface area contributed by atoms with Gasteiger partial charge in [-0.2, -0.15) is 15.0 Å². The minimum absolute atomic E-state index is 0.509. The second kappa shape index (κ2) is 13.6. The van der Waals surface area contributed by atoms with Crippen LogP contribution >= 0.6 is 0 Å². The number of benzene rings is 1. The van der Waals surface area contributed by atoms with Crippen molar-refractivity contribution >= 4 is 17.8 Å². The molecule has 11 nitrogen and oxygen atoms in total. The molecule has 0 amide bonds. The first-order chi connectivity index (χ1) is 18.1. The Labute approximate surface area is 218 Å². The molecule has 1 aliphatic heterocycles. The van der Waals surface area contributed by atoms with E-state index < -0.39 is 0 Å². The monoisotopic (exact) mass is 507 g/mol. The number of nitrogens with one attached hydrogen (secondary N) is 3. The highest BCUT2D eigenvalue weighted by molar-refractivity contribution is 5.44. The number of likely N-dealkylation sites (N-methyl/N-ethyl adjacent to an activating group) is 1. The number of methoxy groups -OCH3 is 2. The highest BCUT2D eigenvalue weighted by Gasteiger charge is 2.14. The molecule has 4 rings (SSSR count). The number of rotatable bonds is 13. The van der Waals surface area contributed by atoms with E-state index >= 15 is 0 Å². The van der Waals surface area contributed by atoms with E-state index in [-0.39, 0.29) is 0 Å². The third-order valence-corrected chi connectivity index (χ3v) is 6.26. The summed E-state index contributed by atoms with van der Waals surface area (Å²) in [6.07, 6.45) is 4.36. The van der Waals surface area contributed by atoms with Gasteiger partial charge in [0.15, 0.2) is 11.5 Å². The molecule has 1 saturated heterocycles. The number of hydrogen-bond donors (Lipinski definition) is 3. The second-order valence-corrected chi connectivity index (χ2v) is 8.96. The van der Waals surface area contributed by atoms with Crippen LogP contribution < -0.4 is 25.4 Å². The summed E-state index contributed by atoms with van der Waals surface area (Å²) in [5.74, 6) is 3.01. The molecule has 0 spiro atoms. The van der Waals surface area contributed by atoms with Crippen LogP contribution in [-0.2, 0) is 13.0 Å². The fourth-order valence-electron chi connectivity index (χ4n) is 4.05. The molecule has 37 heavy (non-hydrogen) atoms. The Morgan fingerprint density at radius 1 is 0.811 bits per heavy atom. The summed E-state index contributed by atoms with van der Waals surface area (Å²) in [6.45, 7) is 7.30. The summed E-state index contributed by atoms with van der Waals surface area (Å²) >= 11 is 0. The van der Waals surface area contributed by atoms with Gasteiger partial charge in [0, 0.05) is 64.8 Å². The van der Waals surface area contributed by atoms with Crippen LogP contribution in [0.2, 0.25) is 0 Å². The summed E-state index contributed by atoms with van der Waals surface area (Å²) in [5, 5.41) is 10.0. The van der Waals surface area contributed by atoms with E-state index in [1.807, 2.05) is 36.5 Å². The number of ether oxygens (including phenoxy) is 2. The Balaban J connectivity index is 1.37. The fraction of sp³-hybridized carbons (Fsp3) is 0.462. The third kappa shape index (κ3) is 8.16. The lowest BCUT2D eigenvalue weighted by Crippen LogP contribution is -2.45. The molecule has 2 aromatic heterocycles. The number of aromatic nitrogens is 4. The number of hydrogen-bond acceptors (Lipinski definition) is 11. The van der Waals surface area contributed by atoms with Crippen molar-refractivity contribution in [1.29, 1.82) is 0 Å². The van der Waals surface area contributed by atoms with E-state index in [9.17, 15) is 0 Å². The third-order valence-electron chi connectivity index (χ3n) is 6.26. The molecule has 1 aliphatic rings. The second-order valence-electron chi connectivity index (χ2n) is 8.96. The summed E-state index contributed by atoms with van der Waals surface area (Å²) < 4.78 is 10.7. The maximum atomic E-state index is 5.42. The number of pyridine rings is 1. The van der Waals surface area contributed by atoms with Crippen LogP contribution in [0.15, 0.2) is 42.7 Å². The normalized spacial score (nSPS) is 14.2. The van der Waals surface area contributed by atoms with Crippen LogP contribution in [0.5, 0.6) is 11.5 Å². The van der Waals surface area contributed by atoms with E-state index in [0.29, 0.717) is 42.4 Å². The average Bonchev–Trinajstić information content (AvgIpc) is 2.93. The van der Waals surface area contributed by atoms with Gasteiger partial charge >= 0.3 is 0 Å². The van der Waals surface area contributed by atoms with Gasteiger partial charge in [-0.1, -0.05) is 12.1 Å². The van der Waals surface area contributed by atoms with E-state index in [2.05, 4.69) is 52.7 Å². The smallest absolute Gasteiger partial charge is 0.229 e. The molecule has 0 radical (unpaired) electrons. The lowest BCUT2D eigenvalue weighted by atomic mass is 10.1. The molecule has 0 bridgehead atoms. The lowest BCUT2D eigenvalue weighted by Gasteiger charge is -2.32. The maximum Gasteiger partial charge on any atom is 0.229 e. The quantitative estimate of drug-likeness (QED) is 0.316. The molecule has 3 N–H and O–H groups in total. The first-order valence-corrected chi connectivity index (χ1v) is 12.6. The van der Waals surface area contributed by atoms with Gasteiger partial charge in [0.1, 0.15) is 0 Å². The lowest BCUT2D eigenvalue weighted by molar-refractivity contribution is 0.158. The number of nitrogens with zero attached hydrogens (tertiary/aromatic N) is 6. The average molecular weight is 508 g/mol. The Hall–Kier alpha value is -3.70. The van der Waals surface area contributed by atoms with E-state index in [1.54, 1.807) is 20.4 Å². The van der Waals surface area contributed by atoms with Crippen molar-refractivity contribution in [3.05, 3.63) is 53.9 Å². The van der Waals surface area contributed by atoms with Crippen LogP contribution in [-0.4, -0.2) is 96.8 Å². The van der Waals surface area contributed by atoms with Gasteiger partial charge in [0.25, 0.3) is 0 Å². The van der Waals surface area contributed by atoms with E-state index in [0.717, 1.165) is 56.8 Å². The summed E-state index contributed by atoms with van der Waals surface area (Å²) in [5.41, 5.74) is 2.18. The first kappa shape index (κ1) is 26.4. The molecular weight excluding hydrogens is 470 g/mol. The zero-order chi connectivity index (χ0) is 25.9. The molecular formula is C26H37N9O2. The maximum absolute atomic E-state index is 5.42. The van der Waals surface area contributed by atoms with E-state index in [4.69, 9.17) is 9.47 Å². The van der Waals surface area contributed by atoms with E-state index in [1.165, 1.54) is 0 Å². The predicted octanol–water partition coefficient (Wildman–Crippen LogP) is 2.21. The zero-order valence-corrected chi connectivity index (χ0v) is 21.9. The van der Waals surface area contributed by atoms with Gasteiger partial charge in [-0.25, -0.2) is 0 Å². The van der Waals surface area contributed by atoms with Crippen LogP contribution in [0, 0.1) is 0 Å². The summed E-state index contributed by atoms with van der Waals surface area (Å²) in [7, 11) is 5.44. The van der Waals surface area contributed by atoms with Gasteiger partial charge in [-0.3, -0.25) is 9.88 Å². The molecule has 0 aliphatic carbocycles. The first-order valence-electron chi connectivity index (χ1n) is 12.6. The van der Waals surface area contributed by atoms with Gasteiger partial charge in [0.05, 0.1) is 14.2 Å². The van der Waals surface area contributed by atoms with Crippen molar-refractivity contribution in [1.82, 2.24) is 29.7 Å². The molecule has 3 aromatic rings. The van der Waals surface area contributed by atoms with Gasteiger partial charge < -0.3 is 30.3 Å². The molecule has 0 saturated carbocycles. The molecule has 0 unspecified atom stereocenters. The predicted molar refractivity (Wildman–Crippen MR) is 146 cm³/mol. The Morgan fingerprint density at radius 3 is 2.19 bits per heavy atom. The number of piperazine rings is 1. The van der Waals surface area contributed by atoms with Crippen LogP contribution in [0.25, 0.3) is 0 Å². The molecule has 1 fully saturated rings. The Morgan fingerprint density at radius 2 is 1.51 bits per heavy atom. The highest BCUT2D eigenvalue weighted by Crippen LogP contribution is 2.27. The van der Waals surface area contributed by atoms with Crippen molar-refractivity contribution in [2.45, 2.75) is 13.0 Å².